The predicted octanol–water partition coefficient (Wildman–Crippen LogP) is 1.92. The fourth-order valence-electron chi connectivity index (χ4n) is 3.22. The van der Waals surface area contributed by atoms with Gasteiger partial charge >= 0.3 is 6.03 Å². The van der Waals surface area contributed by atoms with Crippen LogP contribution < -0.4 is 29.3 Å². The minimum absolute atomic E-state index is 0.182. The molecule has 1 aliphatic rings. The molecular formula is C20H28N6O4. The molecule has 0 saturated carbocycles. The highest BCUT2D eigenvalue weighted by molar-refractivity contribution is 5.90. The molecule has 0 unspecified atom stereocenters. The van der Waals surface area contributed by atoms with Crippen molar-refractivity contribution in [2.75, 3.05) is 76.7 Å². The van der Waals surface area contributed by atoms with Gasteiger partial charge in [-0.15, -0.1) is 10.2 Å². The Labute approximate surface area is 176 Å². The van der Waals surface area contributed by atoms with Crippen molar-refractivity contribution in [1.82, 2.24) is 15.1 Å². The van der Waals surface area contributed by atoms with Crippen LogP contribution in [0, 0.1) is 0 Å². The van der Waals surface area contributed by atoms with E-state index < -0.39 is 0 Å². The number of carbonyl (C=O) groups excluding carboxylic acids is 1. The summed E-state index contributed by atoms with van der Waals surface area (Å²) in [6.45, 7) is 2.51. The summed E-state index contributed by atoms with van der Waals surface area (Å²) in [7, 11) is 8.47. The lowest BCUT2D eigenvalue weighted by molar-refractivity contribution is 0.208. The zero-order chi connectivity index (χ0) is 21.7. The smallest absolute Gasteiger partial charge is 0.321 e. The zero-order valence-corrected chi connectivity index (χ0v) is 18.0. The van der Waals surface area contributed by atoms with E-state index >= 15 is 0 Å². The number of anilines is 3. The number of carbonyl (C=O) groups is 1. The molecule has 162 valence electrons. The first-order valence-electron chi connectivity index (χ1n) is 9.58. The molecule has 0 atom stereocenters. The number of methoxy groups -OCH3 is 3. The number of aromatic nitrogens is 2. The number of benzene rings is 1. The quantitative estimate of drug-likeness (QED) is 0.764. The number of urea groups is 1. The summed E-state index contributed by atoms with van der Waals surface area (Å²) in [5.41, 5.74) is 0.571. The lowest BCUT2D eigenvalue weighted by atomic mass is 10.2. The van der Waals surface area contributed by atoms with Gasteiger partial charge in [-0.1, -0.05) is 0 Å². The van der Waals surface area contributed by atoms with Gasteiger partial charge in [-0.3, -0.25) is 0 Å². The van der Waals surface area contributed by atoms with Crippen LogP contribution in [0.15, 0.2) is 24.3 Å². The molecule has 1 N–H and O–H groups in total. The van der Waals surface area contributed by atoms with Crippen LogP contribution in [0.4, 0.5) is 22.1 Å². The Morgan fingerprint density at radius 1 is 0.967 bits per heavy atom. The van der Waals surface area contributed by atoms with Crippen molar-refractivity contribution in [3.05, 3.63) is 24.3 Å². The summed E-state index contributed by atoms with van der Waals surface area (Å²) < 4.78 is 16.0. The highest BCUT2D eigenvalue weighted by Gasteiger charge is 2.23. The monoisotopic (exact) mass is 416 g/mol. The second-order valence-corrected chi connectivity index (χ2v) is 6.96. The molecule has 3 rings (SSSR count). The Kier molecular flexibility index (Phi) is 6.65. The normalized spacial score (nSPS) is 13.6. The van der Waals surface area contributed by atoms with Gasteiger partial charge in [0.25, 0.3) is 0 Å². The number of piperazine rings is 1. The van der Waals surface area contributed by atoms with E-state index in [9.17, 15) is 4.79 Å². The van der Waals surface area contributed by atoms with Gasteiger partial charge in [0.2, 0.25) is 5.75 Å². The molecule has 10 heteroatoms. The lowest BCUT2D eigenvalue weighted by Gasteiger charge is -2.35. The first-order valence-corrected chi connectivity index (χ1v) is 9.58. The zero-order valence-electron chi connectivity index (χ0n) is 18.0. The van der Waals surface area contributed by atoms with Crippen LogP contribution in [0.25, 0.3) is 0 Å². The van der Waals surface area contributed by atoms with E-state index in [-0.39, 0.29) is 6.03 Å². The molecule has 0 bridgehead atoms. The molecule has 1 saturated heterocycles. The van der Waals surface area contributed by atoms with Crippen LogP contribution in [-0.4, -0.2) is 82.7 Å². The van der Waals surface area contributed by atoms with Crippen LogP contribution in [0.3, 0.4) is 0 Å². The van der Waals surface area contributed by atoms with Crippen LogP contribution in [0.1, 0.15) is 0 Å². The van der Waals surface area contributed by atoms with Crippen molar-refractivity contribution in [3.63, 3.8) is 0 Å². The number of hydrogen-bond acceptors (Lipinski definition) is 8. The third kappa shape index (κ3) is 4.58. The molecule has 2 heterocycles. The molecule has 0 aliphatic carbocycles. The molecular weight excluding hydrogens is 388 g/mol. The Morgan fingerprint density at radius 3 is 2.07 bits per heavy atom. The molecule has 2 aromatic rings. The second-order valence-electron chi connectivity index (χ2n) is 6.96. The molecule has 1 aliphatic heterocycles. The maximum Gasteiger partial charge on any atom is 0.321 e. The van der Waals surface area contributed by atoms with Crippen LogP contribution in [-0.2, 0) is 0 Å². The van der Waals surface area contributed by atoms with Crippen LogP contribution >= 0.6 is 0 Å². The number of rotatable bonds is 6. The summed E-state index contributed by atoms with van der Waals surface area (Å²) in [6, 6.07) is 7.12. The van der Waals surface area contributed by atoms with Crippen LogP contribution in [0.5, 0.6) is 17.2 Å². The summed E-state index contributed by atoms with van der Waals surface area (Å²) in [4.78, 5) is 18.5. The molecule has 1 aromatic carbocycles. The van der Waals surface area contributed by atoms with E-state index in [4.69, 9.17) is 14.2 Å². The Bertz CT molecular complexity index is 841. The number of nitrogens with zero attached hydrogens (tertiary/aromatic N) is 5. The first-order chi connectivity index (χ1) is 14.5. The van der Waals surface area contributed by atoms with Gasteiger partial charge in [0, 0.05) is 52.4 Å². The number of amides is 2. The lowest BCUT2D eigenvalue weighted by Crippen LogP contribution is -2.50. The van der Waals surface area contributed by atoms with E-state index in [0.29, 0.717) is 49.1 Å². The highest BCUT2D eigenvalue weighted by Crippen LogP contribution is 2.40. The van der Waals surface area contributed by atoms with Crippen molar-refractivity contribution < 1.29 is 19.0 Å². The molecule has 0 spiro atoms. The van der Waals surface area contributed by atoms with E-state index in [1.807, 2.05) is 31.1 Å². The second kappa shape index (κ2) is 9.38. The number of hydrogen-bond donors (Lipinski definition) is 1. The van der Waals surface area contributed by atoms with Gasteiger partial charge in [-0.2, -0.15) is 0 Å². The Morgan fingerprint density at radius 2 is 1.60 bits per heavy atom. The van der Waals surface area contributed by atoms with Gasteiger partial charge in [-0.25, -0.2) is 4.79 Å². The minimum Gasteiger partial charge on any atom is -0.493 e. The van der Waals surface area contributed by atoms with Gasteiger partial charge in [0.15, 0.2) is 23.1 Å². The maximum absolute atomic E-state index is 12.7. The van der Waals surface area contributed by atoms with E-state index in [2.05, 4.69) is 20.4 Å². The van der Waals surface area contributed by atoms with Gasteiger partial charge in [0.1, 0.15) is 0 Å². The number of ether oxygens (including phenoxy) is 3. The molecule has 2 amide bonds. The van der Waals surface area contributed by atoms with Gasteiger partial charge in [0.05, 0.1) is 27.0 Å². The molecule has 30 heavy (non-hydrogen) atoms. The third-order valence-corrected chi connectivity index (χ3v) is 4.90. The van der Waals surface area contributed by atoms with E-state index in [0.717, 1.165) is 11.6 Å². The van der Waals surface area contributed by atoms with Gasteiger partial charge < -0.3 is 34.2 Å². The maximum atomic E-state index is 12.7. The summed E-state index contributed by atoms with van der Waals surface area (Å²) in [5.74, 6) is 3.06. The summed E-state index contributed by atoms with van der Waals surface area (Å²) in [6.07, 6.45) is 0. The van der Waals surface area contributed by atoms with E-state index in [1.54, 1.807) is 17.0 Å². The molecule has 0 radical (unpaired) electrons. The van der Waals surface area contributed by atoms with Crippen molar-refractivity contribution >= 4 is 23.4 Å². The highest BCUT2D eigenvalue weighted by atomic mass is 16.5. The van der Waals surface area contributed by atoms with Crippen LogP contribution in [0.2, 0.25) is 0 Å². The fourth-order valence-corrected chi connectivity index (χ4v) is 3.22. The average molecular weight is 416 g/mol. The number of nitrogens with one attached hydrogen (secondary N) is 1. The minimum atomic E-state index is -0.182. The van der Waals surface area contributed by atoms with Crippen molar-refractivity contribution in [1.29, 1.82) is 0 Å². The van der Waals surface area contributed by atoms with E-state index in [1.165, 1.54) is 21.3 Å². The molecule has 10 nitrogen and oxygen atoms in total. The summed E-state index contributed by atoms with van der Waals surface area (Å²) >= 11 is 0. The van der Waals surface area contributed by atoms with Crippen molar-refractivity contribution in [3.8, 4) is 17.2 Å². The standard InChI is InChI=1S/C20H28N6O4/c1-24(2)17-6-7-18(23-22-17)25-8-10-26(11-9-25)20(27)21-14-12-15(28-3)19(30-5)16(13-14)29-4/h6-7,12-13H,8-11H2,1-5H3,(H,21,27). The topological polar surface area (TPSA) is 92.3 Å². The SMILES string of the molecule is COc1cc(NC(=O)N2CCN(c3ccc(N(C)C)nn3)CC2)cc(OC)c1OC. The third-order valence-electron chi connectivity index (χ3n) is 4.90. The Balaban J connectivity index is 1.61. The van der Waals surface area contributed by atoms with Crippen molar-refractivity contribution in [2.45, 2.75) is 0 Å². The largest absolute Gasteiger partial charge is 0.493 e. The van der Waals surface area contributed by atoms with Crippen molar-refractivity contribution in [2.24, 2.45) is 0 Å². The average Bonchev–Trinajstić information content (AvgIpc) is 2.78. The molecule has 1 fully saturated rings. The van der Waals surface area contributed by atoms with Gasteiger partial charge in [-0.05, 0) is 12.1 Å². The Hall–Kier alpha value is -3.43. The summed E-state index contributed by atoms with van der Waals surface area (Å²) in [5, 5.41) is 11.4. The first kappa shape index (κ1) is 21.3. The fraction of sp³-hybridized carbons (Fsp3) is 0.450. The molecule has 1 aromatic heterocycles. The predicted molar refractivity (Wildman–Crippen MR) is 115 cm³/mol.